The molecule has 0 spiro atoms. The maximum absolute atomic E-state index is 5.59. The van der Waals surface area contributed by atoms with E-state index in [1.54, 1.807) is 0 Å². The number of rotatable bonds is 6. The molecule has 2 nitrogen and oxygen atoms in total. The normalized spacial score (nSPS) is 15.2. The van der Waals surface area contributed by atoms with Crippen LogP contribution >= 0.6 is 12.2 Å². The van der Waals surface area contributed by atoms with Crippen molar-refractivity contribution in [3.63, 3.8) is 0 Å². The van der Waals surface area contributed by atoms with Crippen molar-refractivity contribution in [3.8, 4) is 0 Å². The van der Waals surface area contributed by atoms with Gasteiger partial charge in [0.1, 0.15) is 4.99 Å². The Bertz CT molecular complexity index is 382. The van der Waals surface area contributed by atoms with Crippen molar-refractivity contribution in [1.29, 1.82) is 0 Å². The molecule has 0 aliphatic heterocycles. The highest BCUT2D eigenvalue weighted by atomic mass is 32.1. The van der Waals surface area contributed by atoms with Crippen molar-refractivity contribution in [2.45, 2.75) is 26.3 Å². The summed E-state index contributed by atoms with van der Waals surface area (Å²) >= 11 is 4.95. The molecule has 0 unspecified atom stereocenters. The fourth-order valence-electron chi connectivity index (χ4n) is 2.00. The summed E-state index contributed by atoms with van der Waals surface area (Å²) in [6.07, 6.45) is 2.83. The summed E-state index contributed by atoms with van der Waals surface area (Å²) in [7, 11) is 0. The predicted molar refractivity (Wildman–Crippen MR) is 76.0 cm³/mol. The number of nitrogens with two attached hydrogens (primary N) is 1. The molecule has 1 fully saturated rings. The zero-order chi connectivity index (χ0) is 12.3. The molecule has 1 aliphatic rings. The van der Waals surface area contributed by atoms with E-state index < -0.39 is 0 Å². The van der Waals surface area contributed by atoms with Crippen LogP contribution in [0.15, 0.2) is 24.3 Å². The topological polar surface area (TPSA) is 29.3 Å². The van der Waals surface area contributed by atoms with Gasteiger partial charge in [0.05, 0.1) is 0 Å². The smallest absolute Gasteiger partial charge is 0.103 e. The van der Waals surface area contributed by atoms with Crippen LogP contribution in [0.25, 0.3) is 0 Å². The summed E-state index contributed by atoms with van der Waals surface area (Å²) in [6.45, 7) is 5.62. The van der Waals surface area contributed by atoms with Crippen molar-refractivity contribution in [2.24, 2.45) is 11.7 Å². The minimum atomic E-state index is 0.474. The number of nitrogens with zero attached hydrogens (tertiary/aromatic N) is 1. The van der Waals surface area contributed by atoms with E-state index in [0.717, 1.165) is 24.6 Å². The molecule has 2 rings (SSSR count). The van der Waals surface area contributed by atoms with Crippen LogP contribution in [0.5, 0.6) is 0 Å². The largest absolute Gasteiger partial charge is 0.389 e. The molecule has 0 atom stereocenters. The van der Waals surface area contributed by atoms with E-state index in [9.17, 15) is 0 Å². The highest BCUT2D eigenvalue weighted by molar-refractivity contribution is 7.80. The van der Waals surface area contributed by atoms with Crippen LogP contribution in [0.1, 0.15) is 30.9 Å². The van der Waals surface area contributed by atoms with E-state index in [2.05, 4.69) is 24.0 Å². The zero-order valence-electron chi connectivity index (χ0n) is 10.4. The van der Waals surface area contributed by atoms with Crippen LogP contribution in [0, 0.1) is 5.92 Å². The van der Waals surface area contributed by atoms with Crippen LogP contribution < -0.4 is 5.73 Å². The third-order valence-corrected chi connectivity index (χ3v) is 3.54. The molecule has 0 radical (unpaired) electrons. The second-order valence-corrected chi connectivity index (χ2v) is 5.27. The molecule has 1 saturated carbocycles. The van der Waals surface area contributed by atoms with E-state index in [0.29, 0.717) is 4.99 Å². The Morgan fingerprint density at radius 2 is 2.00 bits per heavy atom. The van der Waals surface area contributed by atoms with Crippen molar-refractivity contribution in [1.82, 2.24) is 4.90 Å². The van der Waals surface area contributed by atoms with E-state index in [-0.39, 0.29) is 0 Å². The lowest BCUT2D eigenvalue weighted by atomic mass is 10.1. The Morgan fingerprint density at radius 1 is 1.35 bits per heavy atom. The molecule has 0 amide bonds. The van der Waals surface area contributed by atoms with Crippen molar-refractivity contribution < 1.29 is 0 Å². The minimum Gasteiger partial charge on any atom is -0.389 e. The van der Waals surface area contributed by atoms with Gasteiger partial charge in [-0.3, -0.25) is 4.90 Å². The van der Waals surface area contributed by atoms with Crippen LogP contribution in [0.4, 0.5) is 0 Å². The fraction of sp³-hybridized carbons (Fsp3) is 0.500. The molecule has 1 aliphatic carbocycles. The van der Waals surface area contributed by atoms with Gasteiger partial charge >= 0.3 is 0 Å². The molecular weight excluding hydrogens is 228 g/mol. The molecule has 92 valence electrons. The lowest BCUT2D eigenvalue weighted by Crippen LogP contribution is -2.25. The average molecular weight is 248 g/mol. The van der Waals surface area contributed by atoms with E-state index >= 15 is 0 Å². The molecule has 0 aromatic heterocycles. The molecule has 3 heteroatoms. The van der Waals surface area contributed by atoms with Gasteiger partial charge in [-0.2, -0.15) is 0 Å². The number of hydrogen-bond donors (Lipinski definition) is 1. The quantitative estimate of drug-likeness (QED) is 0.785. The first kappa shape index (κ1) is 12.5. The highest BCUT2D eigenvalue weighted by Gasteiger charge is 2.23. The van der Waals surface area contributed by atoms with Crippen LogP contribution in [-0.2, 0) is 6.54 Å². The molecule has 1 aromatic carbocycles. The summed E-state index contributed by atoms with van der Waals surface area (Å²) < 4.78 is 0. The molecule has 0 heterocycles. The second kappa shape index (κ2) is 5.61. The SMILES string of the molecule is CCN(Cc1ccc(C(N)=S)cc1)CC1CC1. The molecule has 0 bridgehead atoms. The van der Waals surface area contributed by atoms with Gasteiger partial charge in [-0.1, -0.05) is 43.4 Å². The fourth-order valence-corrected chi connectivity index (χ4v) is 2.14. The first-order valence-corrected chi connectivity index (χ1v) is 6.71. The predicted octanol–water partition coefficient (Wildman–Crippen LogP) is 2.55. The first-order valence-electron chi connectivity index (χ1n) is 6.30. The van der Waals surface area contributed by atoms with Gasteiger partial charge < -0.3 is 5.73 Å². The highest BCUT2D eigenvalue weighted by Crippen LogP contribution is 2.30. The van der Waals surface area contributed by atoms with Crippen LogP contribution in [0.2, 0.25) is 0 Å². The third kappa shape index (κ3) is 3.79. The van der Waals surface area contributed by atoms with Crippen LogP contribution in [0.3, 0.4) is 0 Å². The maximum Gasteiger partial charge on any atom is 0.103 e. The van der Waals surface area contributed by atoms with Gasteiger partial charge in [0.25, 0.3) is 0 Å². The van der Waals surface area contributed by atoms with Crippen LogP contribution in [-0.4, -0.2) is 23.0 Å². The zero-order valence-corrected chi connectivity index (χ0v) is 11.2. The Balaban J connectivity index is 1.94. The third-order valence-electron chi connectivity index (χ3n) is 3.31. The monoisotopic (exact) mass is 248 g/mol. The number of thiocarbonyl (C=S) groups is 1. The van der Waals surface area contributed by atoms with Gasteiger partial charge in [-0.15, -0.1) is 0 Å². The van der Waals surface area contributed by atoms with Gasteiger partial charge in [-0.05, 0) is 30.9 Å². The van der Waals surface area contributed by atoms with Crippen molar-refractivity contribution >= 4 is 17.2 Å². The van der Waals surface area contributed by atoms with Gasteiger partial charge in [-0.25, -0.2) is 0 Å². The van der Waals surface area contributed by atoms with Crippen molar-refractivity contribution in [2.75, 3.05) is 13.1 Å². The maximum atomic E-state index is 5.59. The Hall–Kier alpha value is -0.930. The van der Waals surface area contributed by atoms with E-state index in [4.69, 9.17) is 18.0 Å². The second-order valence-electron chi connectivity index (χ2n) is 4.83. The van der Waals surface area contributed by atoms with Gasteiger partial charge in [0, 0.05) is 18.7 Å². The lowest BCUT2D eigenvalue weighted by molar-refractivity contribution is 0.268. The number of benzene rings is 1. The summed E-state index contributed by atoms with van der Waals surface area (Å²) in [4.78, 5) is 2.98. The molecular formula is C14H20N2S. The standard InChI is InChI=1S/C14H20N2S/c1-2-16(9-11-3-4-11)10-12-5-7-13(8-6-12)14(15)17/h5-8,11H,2-4,9-10H2,1H3,(H2,15,17). The summed E-state index contributed by atoms with van der Waals surface area (Å²) in [5.74, 6) is 0.950. The molecule has 0 saturated heterocycles. The summed E-state index contributed by atoms with van der Waals surface area (Å²) in [6, 6.07) is 8.29. The first-order chi connectivity index (χ1) is 8.19. The average Bonchev–Trinajstić information content (AvgIpc) is 3.13. The van der Waals surface area contributed by atoms with E-state index in [1.807, 2.05) is 12.1 Å². The molecule has 17 heavy (non-hydrogen) atoms. The lowest BCUT2D eigenvalue weighted by Gasteiger charge is -2.20. The van der Waals surface area contributed by atoms with E-state index in [1.165, 1.54) is 24.9 Å². The molecule has 1 aromatic rings. The Labute approximate surface area is 109 Å². The minimum absolute atomic E-state index is 0.474. The van der Waals surface area contributed by atoms with Crippen molar-refractivity contribution in [3.05, 3.63) is 35.4 Å². The Morgan fingerprint density at radius 3 is 2.47 bits per heavy atom. The summed E-state index contributed by atoms with van der Waals surface area (Å²) in [5.41, 5.74) is 7.88. The van der Waals surface area contributed by atoms with Gasteiger partial charge in [0.2, 0.25) is 0 Å². The number of hydrogen-bond acceptors (Lipinski definition) is 2. The van der Waals surface area contributed by atoms with Gasteiger partial charge in [0.15, 0.2) is 0 Å². The molecule has 2 N–H and O–H groups in total. The summed E-state index contributed by atoms with van der Waals surface area (Å²) in [5, 5.41) is 0. The Kier molecular flexibility index (Phi) is 4.13.